The predicted octanol–water partition coefficient (Wildman–Crippen LogP) is 3.50. The van der Waals surface area contributed by atoms with Crippen LogP contribution in [0.5, 0.6) is 5.75 Å². The van der Waals surface area contributed by atoms with Crippen LogP contribution in [0.25, 0.3) is 0 Å². The summed E-state index contributed by atoms with van der Waals surface area (Å²) in [6, 6.07) is 13.3. The van der Waals surface area contributed by atoms with Gasteiger partial charge in [0.1, 0.15) is 11.6 Å². The molecule has 2 rings (SSSR count). The van der Waals surface area contributed by atoms with E-state index in [9.17, 15) is 9.18 Å². The summed E-state index contributed by atoms with van der Waals surface area (Å²) in [5, 5.41) is 0. The van der Waals surface area contributed by atoms with E-state index in [0.717, 1.165) is 5.56 Å². The van der Waals surface area contributed by atoms with E-state index in [4.69, 9.17) is 10.5 Å². The number of benzene rings is 2. The van der Waals surface area contributed by atoms with Gasteiger partial charge < -0.3 is 10.5 Å². The Morgan fingerprint density at radius 3 is 2.62 bits per heavy atom. The number of ether oxygens (including phenoxy) is 1. The van der Waals surface area contributed by atoms with Gasteiger partial charge in [0.25, 0.3) is 0 Å². The zero-order valence-electron chi connectivity index (χ0n) is 11.9. The van der Waals surface area contributed by atoms with Crippen LogP contribution < -0.4 is 10.5 Å². The lowest BCUT2D eigenvalue weighted by molar-refractivity contribution is 0.0974. The highest BCUT2D eigenvalue weighted by Crippen LogP contribution is 2.23. The van der Waals surface area contributed by atoms with Crippen LogP contribution in [-0.4, -0.2) is 12.9 Å². The second-order valence-electron chi connectivity index (χ2n) is 4.82. The molecule has 3 nitrogen and oxygen atoms in total. The van der Waals surface area contributed by atoms with Crippen molar-refractivity contribution < 1.29 is 13.9 Å². The zero-order chi connectivity index (χ0) is 15.2. The van der Waals surface area contributed by atoms with Gasteiger partial charge in [0.2, 0.25) is 0 Å². The minimum Gasteiger partial charge on any atom is -0.496 e. The molecular weight excluding hydrogens is 269 g/mol. The number of Topliss-reactive ketones (excluding diaryl/α,β-unsaturated/α-hetero) is 1. The Bertz CT molecular complexity index is 613. The van der Waals surface area contributed by atoms with Gasteiger partial charge in [-0.05, 0) is 30.2 Å². The highest BCUT2D eigenvalue weighted by atomic mass is 19.1. The zero-order valence-corrected chi connectivity index (χ0v) is 11.9. The third kappa shape index (κ3) is 3.89. The molecule has 1 atom stereocenters. The number of halogens is 1. The first-order valence-electron chi connectivity index (χ1n) is 6.79. The molecular formula is C17H18FNO2. The van der Waals surface area contributed by atoms with E-state index >= 15 is 0 Å². The first-order valence-corrected chi connectivity index (χ1v) is 6.79. The Kier molecular flexibility index (Phi) is 5.06. The Balaban J connectivity index is 2.04. The molecule has 0 saturated carbocycles. The summed E-state index contributed by atoms with van der Waals surface area (Å²) in [6.45, 7) is 0. The summed E-state index contributed by atoms with van der Waals surface area (Å²) in [6.07, 6.45) is 0.748. The molecule has 110 valence electrons. The molecule has 0 saturated heterocycles. The normalized spacial score (nSPS) is 12.0. The van der Waals surface area contributed by atoms with Crippen LogP contribution in [0.15, 0.2) is 48.5 Å². The van der Waals surface area contributed by atoms with Gasteiger partial charge in [-0.3, -0.25) is 4.79 Å². The maximum absolute atomic E-state index is 13.3. The van der Waals surface area contributed by atoms with E-state index in [1.807, 2.05) is 30.3 Å². The lowest BCUT2D eigenvalue weighted by Crippen LogP contribution is -2.13. The fraction of sp³-hybridized carbons (Fsp3) is 0.235. The quantitative estimate of drug-likeness (QED) is 0.827. The number of rotatable bonds is 6. The fourth-order valence-electron chi connectivity index (χ4n) is 2.19. The van der Waals surface area contributed by atoms with E-state index in [0.29, 0.717) is 12.2 Å². The van der Waals surface area contributed by atoms with E-state index in [2.05, 4.69) is 0 Å². The predicted molar refractivity (Wildman–Crippen MR) is 79.9 cm³/mol. The summed E-state index contributed by atoms with van der Waals surface area (Å²) in [4.78, 5) is 12.2. The monoisotopic (exact) mass is 287 g/mol. The highest BCUT2D eigenvalue weighted by Gasteiger charge is 2.15. The van der Waals surface area contributed by atoms with Crippen LogP contribution in [0, 0.1) is 5.82 Å². The largest absolute Gasteiger partial charge is 0.496 e. The summed E-state index contributed by atoms with van der Waals surface area (Å²) >= 11 is 0. The SMILES string of the molecule is COc1ccc(F)cc1C(=O)CCC(N)c1ccccc1. The van der Waals surface area contributed by atoms with Gasteiger partial charge in [-0.1, -0.05) is 30.3 Å². The molecule has 0 spiro atoms. The van der Waals surface area contributed by atoms with E-state index < -0.39 is 5.82 Å². The van der Waals surface area contributed by atoms with Crippen molar-refractivity contribution in [2.24, 2.45) is 5.73 Å². The minimum absolute atomic E-state index is 0.169. The van der Waals surface area contributed by atoms with Crippen molar-refractivity contribution in [2.75, 3.05) is 7.11 Å². The van der Waals surface area contributed by atoms with Gasteiger partial charge in [0.05, 0.1) is 12.7 Å². The standard InChI is InChI=1S/C17H18FNO2/c1-21-17-10-7-13(18)11-14(17)16(20)9-8-15(19)12-5-3-2-4-6-12/h2-7,10-11,15H,8-9,19H2,1H3. The van der Waals surface area contributed by atoms with Crippen molar-refractivity contribution in [1.29, 1.82) is 0 Å². The summed E-state index contributed by atoms with van der Waals surface area (Å²) in [5.74, 6) is -0.237. The Hall–Kier alpha value is -2.20. The molecule has 0 aliphatic heterocycles. The average Bonchev–Trinajstić information content (AvgIpc) is 2.53. The van der Waals surface area contributed by atoms with Crippen molar-refractivity contribution in [3.05, 3.63) is 65.5 Å². The van der Waals surface area contributed by atoms with Gasteiger partial charge in [-0.2, -0.15) is 0 Å². The molecule has 4 heteroatoms. The molecule has 1 unspecified atom stereocenters. The van der Waals surface area contributed by atoms with Crippen molar-refractivity contribution in [2.45, 2.75) is 18.9 Å². The maximum Gasteiger partial charge on any atom is 0.166 e. The molecule has 0 heterocycles. The third-order valence-corrected chi connectivity index (χ3v) is 3.37. The second kappa shape index (κ2) is 6.99. The average molecular weight is 287 g/mol. The smallest absolute Gasteiger partial charge is 0.166 e. The van der Waals surface area contributed by atoms with Crippen molar-refractivity contribution in [3.8, 4) is 5.75 Å². The summed E-state index contributed by atoms with van der Waals surface area (Å²) in [5.41, 5.74) is 7.31. The molecule has 0 aromatic heterocycles. The van der Waals surface area contributed by atoms with Gasteiger partial charge in [0, 0.05) is 12.5 Å². The van der Waals surface area contributed by atoms with Crippen LogP contribution in [0.2, 0.25) is 0 Å². The molecule has 0 fully saturated rings. The number of ketones is 1. The molecule has 21 heavy (non-hydrogen) atoms. The van der Waals surface area contributed by atoms with Crippen LogP contribution >= 0.6 is 0 Å². The van der Waals surface area contributed by atoms with Crippen molar-refractivity contribution in [3.63, 3.8) is 0 Å². The van der Waals surface area contributed by atoms with Gasteiger partial charge in [-0.25, -0.2) is 4.39 Å². The molecule has 0 radical (unpaired) electrons. The summed E-state index contributed by atoms with van der Waals surface area (Å²) in [7, 11) is 1.46. The highest BCUT2D eigenvalue weighted by molar-refractivity contribution is 5.98. The number of hydrogen-bond donors (Lipinski definition) is 1. The van der Waals surface area contributed by atoms with Gasteiger partial charge >= 0.3 is 0 Å². The van der Waals surface area contributed by atoms with Crippen molar-refractivity contribution >= 4 is 5.78 Å². The van der Waals surface area contributed by atoms with Crippen LogP contribution in [0.3, 0.4) is 0 Å². The number of carbonyl (C=O) groups is 1. The number of hydrogen-bond acceptors (Lipinski definition) is 3. The molecule has 0 aliphatic carbocycles. The molecule has 0 bridgehead atoms. The molecule has 0 amide bonds. The Morgan fingerprint density at radius 1 is 1.24 bits per heavy atom. The fourth-order valence-corrected chi connectivity index (χ4v) is 2.19. The van der Waals surface area contributed by atoms with Gasteiger partial charge in [0.15, 0.2) is 5.78 Å². The van der Waals surface area contributed by atoms with Gasteiger partial charge in [-0.15, -0.1) is 0 Å². The topological polar surface area (TPSA) is 52.3 Å². The number of methoxy groups -OCH3 is 1. The molecule has 2 N–H and O–H groups in total. The lowest BCUT2D eigenvalue weighted by Gasteiger charge is -2.12. The Labute approximate surface area is 123 Å². The first-order chi connectivity index (χ1) is 10.1. The van der Waals surface area contributed by atoms with Crippen molar-refractivity contribution in [1.82, 2.24) is 0 Å². The first kappa shape index (κ1) is 15.2. The number of carbonyl (C=O) groups excluding carboxylic acids is 1. The molecule has 2 aromatic rings. The van der Waals surface area contributed by atoms with Crippen LogP contribution in [-0.2, 0) is 0 Å². The second-order valence-corrected chi connectivity index (χ2v) is 4.82. The number of nitrogens with two attached hydrogens (primary N) is 1. The lowest BCUT2D eigenvalue weighted by atomic mass is 9.98. The van der Waals surface area contributed by atoms with E-state index in [1.54, 1.807) is 0 Å². The summed E-state index contributed by atoms with van der Waals surface area (Å²) < 4.78 is 18.4. The van der Waals surface area contributed by atoms with Crippen LogP contribution in [0.1, 0.15) is 34.8 Å². The maximum atomic E-state index is 13.3. The van der Waals surface area contributed by atoms with Crippen LogP contribution in [0.4, 0.5) is 4.39 Å². The minimum atomic E-state index is -0.452. The third-order valence-electron chi connectivity index (χ3n) is 3.37. The van der Waals surface area contributed by atoms with E-state index in [-0.39, 0.29) is 23.8 Å². The molecule has 2 aromatic carbocycles. The molecule has 0 aliphatic rings. The Morgan fingerprint density at radius 2 is 1.95 bits per heavy atom. The van der Waals surface area contributed by atoms with E-state index in [1.165, 1.54) is 25.3 Å².